The fourth-order valence-corrected chi connectivity index (χ4v) is 3.94. The molecule has 0 bridgehead atoms. The van der Waals surface area contributed by atoms with E-state index in [1.54, 1.807) is 4.90 Å². The Kier molecular flexibility index (Phi) is 5.44. The van der Waals surface area contributed by atoms with Crippen LogP contribution < -0.4 is 4.90 Å². The van der Waals surface area contributed by atoms with Crippen molar-refractivity contribution >= 4 is 40.1 Å². The minimum Gasteiger partial charge on any atom is -0.431 e. The number of thioether (sulfide) groups is 1. The molecular formula is C23H20N2O2S. The average molecular weight is 388 g/mol. The van der Waals surface area contributed by atoms with Gasteiger partial charge in [0.15, 0.2) is 5.58 Å². The van der Waals surface area contributed by atoms with Crippen molar-refractivity contribution in [1.29, 1.82) is 0 Å². The quantitative estimate of drug-likeness (QED) is 0.377. The molecule has 0 saturated heterocycles. The van der Waals surface area contributed by atoms with Crippen LogP contribution in [-0.2, 0) is 4.79 Å². The van der Waals surface area contributed by atoms with E-state index in [-0.39, 0.29) is 11.2 Å². The van der Waals surface area contributed by atoms with Crippen molar-refractivity contribution in [1.82, 2.24) is 4.98 Å². The van der Waals surface area contributed by atoms with Crippen molar-refractivity contribution in [2.75, 3.05) is 4.90 Å². The summed E-state index contributed by atoms with van der Waals surface area (Å²) in [6.07, 6.45) is 0.665. The molecule has 0 saturated carbocycles. The van der Waals surface area contributed by atoms with Crippen LogP contribution in [0.2, 0.25) is 0 Å². The van der Waals surface area contributed by atoms with Crippen LogP contribution in [0, 0.1) is 0 Å². The molecule has 4 nitrogen and oxygen atoms in total. The number of fused-ring (bicyclic) bond motifs is 1. The third-order valence-corrected chi connectivity index (χ3v) is 5.61. The third-order valence-electron chi connectivity index (χ3n) is 4.41. The van der Waals surface area contributed by atoms with Crippen molar-refractivity contribution in [3.8, 4) is 0 Å². The van der Waals surface area contributed by atoms with E-state index >= 15 is 0 Å². The maximum atomic E-state index is 13.5. The van der Waals surface area contributed by atoms with Gasteiger partial charge in [-0.2, -0.15) is 0 Å². The highest BCUT2D eigenvalue weighted by molar-refractivity contribution is 8.00. The van der Waals surface area contributed by atoms with Gasteiger partial charge in [-0.3, -0.25) is 9.69 Å². The zero-order valence-electron chi connectivity index (χ0n) is 15.5. The number of hydrogen-bond donors (Lipinski definition) is 0. The van der Waals surface area contributed by atoms with Crippen LogP contribution in [0.3, 0.4) is 0 Å². The van der Waals surface area contributed by atoms with Crippen LogP contribution in [0.4, 0.5) is 11.4 Å². The summed E-state index contributed by atoms with van der Waals surface area (Å²) < 4.78 is 5.82. The summed E-state index contributed by atoms with van der Waals surface area (Å²) in [7, 11) is 0. The van der Waals surface area contributed by atoms with Gasteiger partial charge in [0.25, 0.3) is 5.22 Å². The number of carbonyl (C=O) groups excluding carboxylic acids is 1. The molecule has 5 heteroatoms. The Hall–Kier alpha value is -3.05. The number of para-hydroxylation sites is 4. The average Bonchev–Trinajstić information content (AvgIpc) is 3.16. The Morgan fingerprint density at radius 1 is 0.929 bits per heavy atom. The molecule has 0 N–H and O–H groups in total. The number of rotatable bonds is 6. The van der Waals surface area contributed by atoms with E-state index in [0.29, 0.717) is 11.6 Å². The van der Waals surface area contributed by atoms with Gasteiger partial charge in [-0.25, -0.2) is 4.98 Å². The van der Waals surface area contributed by atoms with Crippen LogP contribution in [0.25, 0.3) is 11.1 Å². The lowest BCUT2D eigenvalue weighted by molar-refractivity contribution is -0.117. The number of benzene rings is 3. The van der Waals surface area contributed by atoms with Gasteiger partial charge < -0.3 is 4.42 Å². The van der Waals surface area contributed by atoms with Crippen LogP contribution in [0.15, 0.2) is 94.6 Å². The second-order valence-electron chi connectivity index (χ2n) is 6.31. The number of hydrogen-bond acceptors (Lipinski definition) is 4. The van der Waals surface area contributed by atoms with Gasteiger partial charge in [-0.1, -0.05) is 67.2 Å². The van der Waals surface area contributed by atoms with E-state index in [1.807, 2.05) is 91.9 Å². The van der Waals surface area contributed by atoms with Gasteiger partial charge in [0.2, 0.25) is 5.91 Å². The second kappa shape index (κ2) is 8.31. The Morgan fingerprint density at radius 2 is 1.50 bits per heavy atom. The molecule has 0 aliphatic heterocycles. The second-order valence-corrected chi connectivity index (χ2v) is 7.46. The largest absolute Gasteiger partial charge is 0.431 e. The molecule has 140 valence electrons. The lowest BCUT2D eigenvalue weighted by atomic mass is 10.2. The van der Waals surface area contributed by atoms with Crippen LogP contribution in [-0.4, -0.2) is 16.1 Å². The highest BCUT2D eigenvalue weighted by Crippen LogP contribution is 2.33. The SMILES string of the molecule is CCC(Sc1nc2ccccc2o1)C(=O)N(c1ccccc1)c1ccccc1. The predicted octanol–water partition coefficient (Wildman–Crippen LogP) is 6.06. The number of carbonyl (C=O) groups is 1. The van der Waals surface area contributed by atoms with Crippen LogP contribution in [0.5, 0.6) is 0 Å². The molecule has 1 atom stereocenters. The van der Waals surface area contributed by atoms with E-state index in [0.717, 1.165) is 22.5 Å². The standard InChI is InChI=1S/C23H20N2O2S/c1-2-21(28-23-24-19-15-9-10-16-20(19)27-23)22(26)25(17-11-5-3-6-12-17)18-13-7-4-8-14-18/h3-16,21H,2H2,1H3. The normalized spacial score (nSPS) is 12.0. The molecule has 4 rings (SSSR count). The van der Waals surface area contributed by atoms with E-state index in [1.165, 1.54) is 11.8 Å². The topological polar surface area (TPSA) is 46.3 Å². The minimum atomic E-state index is -0.312. The summed E-state index contributed by atoms with van der Waals surface area (Å²) in [6, 6.07) is 27.1. The Bertz CT molecular complexity index is 991. The Balaban J connectivity index is 1.66. The molecule has 1 unspecified atom stereocenters. The molecule has 0 radical (unpaired) electrons. The molecule has 0 fully saturated rings. The number of amides is 1. The van der Waals surface area contributed by atoms with E-state index in [9.17, 15) is 4.79 Å². The summed E-state index contributed by atoms with van der Waals surface area (Å²) in [6.45, 7) is 2.01. The smallest absolute Gasteiger partial charge is 0.257 e. The van der Waals surface area contributed by atoms with Gasteiger partial charge in [0, 0.05) is 11.4 Å². The molecule has 3 aromatic carbocycles. The Morgan fingerprint density at radius 3 is 2.07 bits per heavy atom. The fraction of sp³-hybridized carbons (Fsp3) is 0.130. The van der Waals surface area contributed by atoms with Crippen LogP contribution >= 0.6 is 11.8 Å². The predicted molar refractivity (Wildman–Crippen MR) is 114 cm³/mol. The molecular weight excluding hydrogens is 368 g/mol. The van der Waals surface area contributed by atoms with Crippen LogP contribution in [0.1, 0.15) is 13.3 Å². The molecule has 0 spiro atoms. The summed E-state index contributed by atoms with van der Waals surface area (Å²) >= 11 is 1.37. The first-order valence-electron chi connectivity index (χ1n) is 9.22. The summed E-state index contributed by atoms with van der Waals surface area (Å²) in [5.41, 5.74) is 3.22. The van der Waals surface area contributed by atoms with Crippen molar-refractivity contribution in [2.45, 2.75) is 23.8 Å². The molecule has 0 aliphatic carbocycles. The number of aromatic nitrogens is 1. The van der Waals surface area contributed by atoms with Crippen molar-refractivity contribution in [3.05, 3.63) is 84.9 Å². The monoisotopic (exact) mass is 388 g/mol. The number of nitrogens with zero attached hydrogens (tertiary/aromatic N) is 2. The van der Waals surface area contributed by atoms with Gasteiger partial charge in [0.1, 0.15) is 5.52 Å². The fourth-order valence-electron chi connectivity index (χ4n) is 3.03. The summed E-state index contributed by atoms with van der Waals surface area (Å²) in [5, 5.41) is 0.205. The molecule has 1 amide bonds. The van der Waals surface area contributed by atoms with E-state index in [2.05, 4.69) is 4.98 Å². The van der Waals surface area contributed by atoms with Crippen molar-refractivity contribution in [3.63, 3.8) is 0 Å². The minimum absolute atomic E-state index is 0.00663. The highest BCUT2D eigenvalue weighted by atomic mass is 32.2. The lowest BCUT2D eigenvalue weighted by Crippen LogP contribution is -2.34. The lowest BCUT2D eigenvalue weighted by Gasteiger charge is -2.26. The van der Waals surface area contributed by atoms with E-state index < -0.39 is 0 Å². The molecule has 28 heavy (non-hydrogen) atoms. The molecule has 1 aromatic heterocycles. The Labute approximate surface area is 168 Å². The maximum Gasteiger partial charge on any atom is 0.257 e. The van der Waals surface area contributed by atoms with Crippen molar-refractivity contribution < 1.29 is 9.21 Å². The van der Waals surface area contributed by atoms with E-state index in [4.69, 9.17) is 4.42 Å². The number of oxazole rings is 1. The number of anilines is 2. The van der Waals surface area contributed by atoms with Gasteiger partial charge in [-0.05, 0) is 42.8 Å². The third kappa shape index (κ3) is 3.80. The zero-order chi connectivity index (χ0) is 19.3. The first kappa shape index (κ1) is 18.3. The summed E-state index contributed by atoms with van der Waals surface area (Å²) in [4.78, 5) is 19.8. The van der Waals surface area contributed by atoms with Gasteiger partial charge in [-0.15, -0.1) is 0 Å². The zero-order valence-corrected chi connectivity index (χ0v) is 16.3. The molecule has 0 aliphatic rings. The first-order chi connectivity index (χ1) is 13.8. The highest BCUT2D eigenvalue weighted by Gasteiger charge is 2.28. The van der Waals surface area contributed by atoms with Crippen molar-refractivity contribution in [2.24, 2.45) is 0 Å². The molecule has 1 heterocycles. The summed E-state index contributed by atoms with van der Waals surface area (Å²) in [5.74, 6) is 0.00663. The molecule has 4 aromatic rings. The van der Waals surface area contributed by atoms with Gasteiger partial charge in [0.05, 0.1) is 5.25 Å². The first-order valence-corrected chi connectivity index (χ1v) is 10.1. The maximum absolute atomic E-state index is 13.5. The van der Waals surface area contributed by atoms with Gasteiger partial charge >= 0.3 is 0 Å².